The third kappa shape index (κ3) is 3.94. The molecule has 0 aliphatic heterocycles. The van der Waals surface area contributed by atoms with Gasteiger partial charge in [-0.05, 0) is 23.6 Å². The number of rotatable bonds is 6. The van der Waals surface area contributed by atoms with Gasteiger partial charge in [0, 0.05) is 5.56 Å². The van der Waals surface area contributed by atoms with Crippen LogP contribution in [0.1, 0.15) is 48.7 Å². The molecule has 2 nitrogen and oxygen atoms in total. The van der Waals surface area contributed by atoms with E-state index in [0.717, 1.165) is 12.8 Å². The third-order valence-electron chi connectivity index (χ3n) is 4.00. The average Bonchev–Trinajstić information content (AvgIpc) is 2.56. The standard InChI is InChI=1S/C19H23NO/c1-3-15(4-2)18(16-11-7-5-8-12-16)20-19(21)17-13-9-6-10-14-17/h5-15,18H,3-4H2,1-2H3,(H,20,21). The Morgan fingerprint density at radius 3 is 1.95 bits per heavy atom. The molecule has 1 amide bonds. The summed E-state index contributed by atoms with van der Waals surface area (Å²) in [5.74, 6) is 0.441. The number of hydrogen-bond acceptors (Lipinski definition) is 1. The molecule has 2 aromatic carbocycles. The lowest BCUT2D eigenvalue weighted by Gasteiger charge is -2.27. The van der Waals surface area contributed by atoms with Gasteiger partial charge in [-0.3, -0.25) is 4.79 Å². The quantitative estimate of drug-likeness (QED) is 0.824. The molecule has 2 heteroatoms. The normalized spacial score (nSPS) is 12.1. The first-order valence-corrected chi connectivity index (χ1v) is 7.67. The van der Waals surface area contributed by atoms with Crippen molar-refractivity contribution in [2.24, 2.45) is 5.92 Å². The van der Waals surface area contributed by atoms with Crippen LogP contribution in [0.25, 0.3) is 0 Å². The highest BCUT2D eigenvalue weighted by molar-refractivity contribution is 5.94. The van der Waals surface area contributed by atoms with Crippen molar-refractivity contribution in [1.29, 1.82) is 0 Å². The maximum absolute atomic E-state index is 12.5. The van der Waals surface area contributed by atoms with Crippen molar-refractivity contribution in [3.63, 3.8) is 0 Å². The van der Waals surface area contributed by atoms with Crippen LogP contribution in [0.5, 0.6) is 0 Å². The van der Waals surface area contributed by atoms with Gasteiger partial charge in [-0.2, -0.15) is 0 Å². The number of carbonyl (C=O) groups excluding carboxylic acids is 1. The Balaban J connectivity index is 2.22. The number of nitrogens with one attached hydrogen (secondary N) is 1. The van der Waals surface area contributed by atoms with E-state index in [1.807, 2.05) is 48.5 Å². The van der Waals surface area contributed by atoms with Crippen LogP contribution in [-0.2, 0) is 0 Å². The molecule has 0 fully saturated rings. The molecule has 0 saturated heterocycles. The fourth-order valence-corrected chi connectivity index (χ4v) is 2.71. The van der Waals surface area contributed by atoms with Crippen molar-refractivity contribution in [2.45, 2.75) is 32.7 Å². The van der Waals surface area contributed by atoms with E-state index in [-0.39, 0.29) is 11.9 Å². The van der Waals surface area contributed by atoms with Gasteiger partial charge < -0.3 is 5.32 Å². The summed E-state index contributed by atoms with van der Waals surface area (Å²) in [7, 11) is 0. The summed E-state index contributed by atoms with van der Waals surface area (Å²) in [5, 5.41) is 3.21. The van der Waals surface area contributed by atoms with E-state index in [0.29, 0.717) is 11.5 Å². The third-order valence-corrected chi connectivity index (χ3v) is 4.00. The minimum absolute atomic E-state index is 0.00338. The van der Waals surface area contributed by atoms with Crippen molar-refractivity contribution in [3.8, 4) is 0 Å². The van der Waals surface area contributed by atoms with Crippen LogP contribution in [0.15, 0.2) is 60.7 Å². The average molecular weight is 281 g/mol. The van der Waals surface area contributed by atoms with Crippen LogP contribution < -0.4 is 5.32 Å². The summed E-state index contributed by atoms with van der Waals surface area (Å²) >= 11 is 0. The molecule has 2 aromatic rings. The second-order valence-corrected chi connectivity index (χ2v) is 5.30. The molecular formula is C19H23NO. The van der Waals surface area contributed by atoms with Gasteiger partial charge in [-0.25, -0.2) is 0 Å². The summed E-state index contributed by atoms with van der Waals surface area (Å²) in [5.41, 5.74) is 1.89. The minimum Gasteiger partial charge on any atom is -0.345 e. The van der Waals surface area contributed by atoms with Crippen LogP contribution in [0.2, 0.25) is 0 Å². The topological polar surface area (TPSA) is 29.1 Å². The number of amides is 1. The summed E-state index contributed by atoms with van der Waals surface area (Å²) in [4.78, 5) is 12.5. The van der Waals surface area contributed by atoms with Crippen molar-refractivity contribution in [1.82, 2.24) is 5.32 Å². The highest BCUT2D eigenvalue weighted by Gasteiger charge is 2.22. The molecule has 1 atom stereocenters. The van der Waals surface area contributed by atoms with E-state index in [1.54, 1.807) is 0 Å². The molecule has 0 aliphatic carbocycles. The van der Waals surface area contributed by atoms with Gasteiger partial charge >= 0.3 is 0 Å². The van der Waals surface area contributed by atoms with Gasteiger partial charge in [-0.15, -0.1) is 0 Å². The van der Waals surface area contributed by atoms with Gasteiger partial charge in [0.25, 0.3) is 5.91 Å². The van der Waals surface area contributed by atoms with Crippen LogP contribution in [0, 0.1) is 5.92 Å². The van der Waals surface area contributed by atoms with Crippen LogP contribution >= 0.6 is 0 Å². The number of hydrogen-bond donors (Lipinski definition) is 1. The largest absolute Gasteiger partial charge is 0.345 e. The molecule has 0 radical (unpaired) electrons. The highest BCUT2D eigenvalue weighted by atomic mass is 16.1. The molecule has 0 spiro atoms. The molecule has 1 unspecified atom stereocenters. The van der Waals surface area contributed by atoms with E-state index in [4.69, 9.17) is 0 Å². The summed E-state index contributed by atoms with van der Waals surface area (Å²) in [6.45, 7) is 4.36. The lowest BCUT2D eigenvalue weighted by Crippen LogP contribution is -2.33. The smallest absolute Gasteiger partial charge is 0.251 e. The molecular weight excluding hydrogens is 258 g/mol. The number of carbonyl (C=O) groups is 1. The zero-order valence-electron chi connectivity index (χ0n) is 12.8. The van der Waals surface area contributed by atoms with E-state index in [1.165, 1.54) is 5.56 Å². The van der Waals surface area contributed by atoms with E-state index < -0.39 is 0 Å². The summed E-state index contributed by atoms with van der Waals surface area (Å²) in [6.07, 6.45) is 2.09. The molecule has 110 valence electrons. The first kappa shape index (κ1) is 15.3. The van der Waals surface area contributed by atoms with Crippen LogP contribution in [0.3, 0.4) is 0 Å². The zero-order chi connectivity index (χ0) is 15.1. The van der Waals surface area contributed by atoms with Gasteiger partial charge in [0.1, 0.15) is 0 Å². The fraction of sp³-hybridized carbons (Fsp3) is 0.316. The van der Waals surface area contributed by atoms with Crippen molar-refractivity contribution in [3.05, 3.63) is 71.8 Å². The first-order chi connectivity index (χ1) is 10.3. The Morgan fingerprint density at radius 1 is 0.905 bits per heavy atom. The second-order valence-electron chi connectivity index (χ2n) is 5.30. The van der Waals surface area contributed by atoms with E-state index in [9.17, 15) is 4.79 Å². The maximum atomic E-state index is 12.5. The molecule has 0 saturated carbocycles. The first-order valence-electron chi connectivity index (χ1n) is 7.67. The highest BCUT2D eigenvalue weighted by Crippen LogP contribution is 2.27. The fourth-order valence-electron chi connectivity index (χ4n) is 2.71. The van der Waals surface area contributed by atoms with Crippen molar-refractivity contribution >= 4 is 5.91 Å². The molecule has 1 N–H and O–H groups in total. The molecule has 0 heterocycles. The molecule has 0 aromatic heterocycles. The lowest BCUT2D eigenvalue weighted by atomic mass is 9.88. The Bertz CT molecular complexity index is 546. The molecule has 0 bridgehead atoms. The van der Waals surface area contributed by atoms with Gasteiger partial charge in [0.2, 0.25) is 0 Å². The van der Waals surface area contributed by atoms with Crippen LogP contribution in [0.4, 0.5) is 0 Å². The Morgan fingerprint density at radius 2 is 1.43 bits per heavy atom. The monoisotopic (exact) mass is 281 g/mol. The molecule has 2 rings (SSSR count). The van der Waals surface area contributed by atoms with Crippen LogP contribution in [-0.4, -0.2) is 5.91 Å². The lowest BCUT2D eigenvalue weighted by molar-refractivity contribution is 0.0919. The Hall–Kier alpha value is -2.09. The van der Waals surface area contributed by atoms with Gasteiger partial charge in [0.05, 0.1) is 6.04 Å². The van der Waals surface area contributed by atoms with E-state index in [2.05, 4.69) is 31.3 Å². The maximum Gasteiger partial charge on any atom is 0.251 e. The van der Waals surface area contributed by atoms with Gasteiger partial charge in [-0.1, -0.05) is 75.2 Å². The number of benzene rings is 2. The van der Waals surface area contributed by atoms with Gasteiger partial charge in [0.15, 0.2) is 0 Å². The van der Waals surface area contributed by atoms with Crippen molar-refractivity contribution in [2.75, 3.05) is 0 Å². The summed E-state index contributed by atoms with van der Waals surface area (Å²) < 4.78 is 0. The predicted octanol–water partition coefficient (Wildman–Crippen LogP) is 4.59. The SMILES string of the molecule is CCC(CC)C(NC(=O)c1ccccc1)c1ccccc1. The minimum atomic E-state index is -0.00338. The zero-order valence-corrected chi connectivity index (χ0v) is 12.8. The van der Waals surface area contributed by atoms with E-state index >= 15 is 0 Å². The molecule has 21 heavy (non-hydrogen) atoms. The Labute approximate surface area is 127 Å². The Kier molecular flexibility index (Phi) is 5.56. The van der Waals surface area contributed by atoms with Crippen molar-refractivity contribution < 1.29 is 4.79 Å². The second kappa shape index (κ2) is 7.63. The summed E-state index contributed by atoms with van der Waals surface area (Å²) in [6, 6.07) is 19.7. The predicted molar refractivity (Wildman–Crippen MR) is 87.2 cm³/mol. The molecule has 0 aliphatic rings.